The van der Waals surface area contributed by atoms with Gasteiger partial charge in [-0.2, -0.15) is 0 Å². The zero-order valence-electron chi connectivity index (χ0n) is 8.65. The number of rotatable bonds is 4. The Kier molecular flexibility index (Phi) is 5.40. The molecule has 0 aliphatic carbocycles. The molecule has 0 aliphatic rings. The standard InChI is InChI=1S/C11H11BrINO2/c1-2-9(13)10(14-16)11(15)7-3-5-8(12)6-4-7/h3-6,9,16H,2H2,1H3. The highest BCUT2D eigenvalue weighted by molar-refractivity contribution is 14.1. The van der Waals surface area contributed by atoms with Crippen LogP contribution >= 0.6 is 38.5 Å². The molecule has 0 spiro atoms. The molecule has 1 unspecified atom stereocenters. The highest BCUT2D eigenvalue weighted by Crippen LogP contribution is 2.15. The number of nitrogens with zero attached hydrogens (tertiary/aromatic N) is 1. The number of alkyl halides is 1. The second-order valence-corrected chi connectivity index (χ2v) is 5.62. The van der Waals surface area contributed by atoms with Crippen LogP contribution in [0.4, 0.5) is 0 Å². The lowest BCUT2D eigenvalue weighted by atomic mass is 10.0. The van der Waals surface area contributed by atoms with Crippen LogP contribution in [-0.4, -0.2) is 20.6 Å². The smallest absolute Gasteiger partial charge is 0.211 e. The maximum Gasteiger partial charge on any atom is 0.211 e. The summed E-state index contributed by atoms with van der Waals surface area (Å²) in [5.74, 6) is -0.226. The van der Waals surface area contributed by atoms with E-state index in [1.807, 2.05) is 6.92 Å². The Morgan fingerprint density at radius 2 is 2.06 bits per heavy atom. The van der Waals surface area contributed by atoms with Gasteiger partial charge in [0.2, 0.25) is 5.78 Å². The SMILES string of the molecule is CCC(I)C(=NO)C(=O)c1ccc(Br)cc1. The number of hydrogen-bond donors (Lipinski definition) is 1. The molecule has 0 radical (unpaired) electrons. The fourth-order valence-corrected chi connectivity index (χ4v) is 1.86. The third kappa shape index (κ3) is 3.28. The van der Waals surface area contributed by atoms with Crippen LogP contribution in [0.15, 0.2) is 33.9 Å². The van der Waals surface area contributed by atoms with Gasteiger partial charge in [0.25, 0.3) is 0 Å². The van der Waals surface area contributed by atoms with Crippen molar-refractivity contribution >= 4 is 50.0 Å². The maximum atomic E-state index is 12.0. The summed E-state index contributed by atoms with van der Waals surface area (Å²) in [6.45, 7) is 1.94. The lowest BCUT2D eigenvalue weighted by Crippen LogP contribution is -2.23. The summed E-state index contributed by atoms with van der Waals surface area (Å²) in [7, 11) is 0. The molecule has 0 saturated carbocycles. The number of carbonyl (C=O) groups excluding carboxylic acids is 1. The Balaban J connectivity index is 2.97. The molecule has 0 bridgehead atoms. The summed E-state index contributed by atoms with van der Waals surface area (Å²) >= 11 is 5.39. The van der Waals surface area contributed by atoms with Crippen molar-refractivity contribution in [3.05, 3.63) is 34.3 Å². The van der Waals surface area contributed by atoms with Gasteiger partial charge in [-0.15, -0.1) is 0 Å². The molecular formula is C11H11BrINO2. The Morgan fingerprint density at radius 1 is 1.50 bits per heavy atom. The van der Waals surface area contributed by atoms with Crippen LogP contribution in [0.5, 0.6) is 0 Å². The molecule has 16 heavy (non-hydrogen) atoms. The van der Waals surface area contributed by atoms with Crippen molar-refractivity contribution in [2.24, 2.45) is 5.16 Å². The molecule has 0 amide bonds. The third-order valence-electron chi connectivity index (χ3n) is 2.10. The molecule has 0 aromatic heterocycles. The highest BCUT2D eigenvalue weighted by atomic mass is 127. The predicted molar refractivity (Wildman–Crippen MR) is 75.8 cm³/mol. The van der Waals surface area contributed by atoms with E-state index in [1.54, 1.807) is 24.3 Å². The number of oxime groups is 1. The van der Waals surface area contributed by atoms with Gasteiger partial charge >= 0.3 is 0 Å². The minimum atomic E-state index is -0.226. The lowest BCUT2D eigenvalue weighted by Gasteiger charge is -2.08. The van der Waals surface area contributed by atoms with E-state index >= 15 is 0 Å². The number of carbonyl (C=O) groups is 1. The number of Topliss-reactive ketones (excluding diaryl/α,β-unsaturated/α-hetero) is 1. The molecule has 0 aliphatic heterocycles. The molecule has 86 valence electrons. The second kappa shape index (κ2) is 6.34. The number of benzene rings is 1. The van der Waals surface area contributed by atoms with Gasteiger partial charge in [0, 0.05) is 10.0 Å². The van der Waals surface area contributed by atoms with Crippen molar-refractivity contribution in [3.8, 4) is 0 Å². The highest BCUT2D eigenvalue weighted by Gasteiger charge is 2.21. The van der Waals surface area contributed by atoms with Gasteiger partial charge in [0.05, 0.1) is 3.92 Å². The van der Waals surface area contributed by atoms with Crippen molar-refractivity contribution in [1.82, 2.24) is 0 Å². The van der Waals surface area contributed by atoms with Crippen LogP contribution < -0.4 is 0 Å². The molecule has 1 aromatic carbocycles. The minimum absolute atomic E-state index is 0.0706. The fourth-order valence-electron chi connectivity index (χ4n) is 1.19. The van der Waals surface area contributed by atoms with Gasteiger partial charge in [-0.3, -0.25) is 4.79 Å². The monoisotopic (exact) mass is 395 g/mol. The van der Waals surface area contributed by atoms with Crippen molar-refractivity contribution in [2.45, 2.75) is 17.3 Å². The molecule has 0 fully saturated rings. The summed E-state index contributed by atoms with van der Waals surface area (Å²) < 4.78 is 0.840. The normalized spacial score (nSPS) is 13.6. The van der Waals surface area contributed by atoms with E-state index < -0.39 is 0 Å². The predicted octanol–water partition coefficient (Wildman–Crippen LogP) is 3.68. The average molecular weight is 396 g/mol. The molecular weight excluding hydrogens is 385 g/mol. The fraction of sp³-hybridized carbons (Fsp3) is 0.273. The number of hydrogen-bond acceptors (Lipinski definition) is 3. The first-order valence-electron chi connectivity index (χ1n) is 4.76. The topological polar surface area (TPSA) is 49.7 Å². The van der Waals surface area contributed by atoms with Crippen LogP contribution in [0.2, 0.25) is 0 Å². The van der Waals surface area contributed by atoms with Gasteiger partial charge < -0.3 is 5.21 Å². The first-order valence-corrected chi connectivity index (χ1v) is 6.80. The average Bonchev–Trinajstić information content (AvgIpc) is 2.30. The summed E-state index contributed by atoms with van der Waals surface area (Å²) in [5, 5.41) is 12.0. The van der Waals surface area contributed by atoms with E-state index in [-0.39, 0.29) is 15.4 Å². The lowest BCUT2D eigenvalue weighted by molar-refractivity contribution is 0.106. The first kappa shape index (κ1) is 13.6. The van der Waals surface area contributed by atoms with E-state index in [1.165, 1.54) is 0 Å². The van der Waals surface area contributed by atoms with E-state index in [0.29, 0.717) is 5.56 Å². The van der Waals surface area contributed by atoms with E-state index in [4.69, 9.17) is 5.21 Å². The van der Waals surface area contributed by atoms with Crippen molar-refractivity contribution in [3.63, 3.8) is 0 Å². The molecule has 0 heterocycles. The zero-order chi connectivity index (χ0) is 12.1. The molecule has 0 saturated heterocycles. The molecule has 1 atom stereocenters. The largest absolute Gasteiger partial charge is 0.410 e. The van der Waals surface area contributed by atoms with Gasteiger partial charge in [-0.25, -0.2) is 0 Å². The Hall–Kier alpha value is -0.430. The molecule has 5 heteroatoms. The van der Waals surface area contributed by atoms with Crippen LogP contribution in [0.25, 0.3) is 0 Å². The van der Waals surface area contributed by atoms with Crippen LogP contribution in [-0.2, 0) is 0 Å². The van der Waals surface area contributed by atoms with Crippen LogP contribution in [0, 0.1) is 0 Å². The minimum Gasteiger partial charge on any atom is -0.410 e. The molecule has 1 N–H and O–H groups in total. The Bertz CT molecular complexity index is 403. The molecule has 1 aromatic rings. The summed E-state index contributed by atoms with van der Waals surface area (Å²) in [5.41, 5.74) is 0.733. The van der Waals surface area contributed by atoms with Crippen molar-refractivity contribution in [1.29, 1.82) is 0 Å². The van der Waals surface area contributed by atoms with Gasteiger partial charge in [0.1, 0.15) is 5.71 Å². The number of ketones is 1. The van der Waals surface area contributed by atoms with E-state index in [0.717, 1.165) is 10.9 Å². The Labute approximate surface area is 116 Å². The number of halogens is 2. The summed E-state index contributed by atoms with van der Waals surface area (Å²) in [4.78, 5) is 12.0. The van der Waals surface area contributed by atoms with Crippen molar-refractivity contribution < 1.29 is 10.0 Å². The first-order chi connectivity index (χ1) is 7.60. The third-order valence-corrected chi connectivity index (χ3v) is 4.10. The van der Waals surface area contributed by atoms with Crippen LogP contribution in [0.1, 0.15) is 23.7 Å². The van der Waals surface area contributed by atoms with E-state index in [9.17, 15) is 4.79 Å². The summed E-state index contributed by atoms with van der Waals surface area (Å²) in [6, 6.07) is 6.99. The van der Waals surface area contributed by atoms with Crippen molar-refractivity contribution in [2.75, 3.05) is 0 Å². The van der Waals surface area contributed by atoms with Gasteiger partial charge in [-0.05, 0) is 30.7 Å². The second-order valence-electron chi connectivity index (χ2n) is 3.20. The Morgan fingerprint density at radius 3 is 2.50 bits per heavy atom. The van der Waals surface area contributed by atoms with Gasteiger partial charge in [0.15, 0.2) is 0 Å². The van der Waals surface area contributed by atoms with Crippen LogP contribution in [0.3, 0.4) is 0 Å². The van der Waals surface area contributed by atoms with E-state index in [2.05, 4.69) is 43.7 Å². The quantitative estimate of drug-likeness (QED) is 0.211. The zero-order valence-corrected chi connectivity index (χ0v) is 12.4. The maximum absolute atomic E-state index is 12.0. The van der Waals surface area contributed by atoms with Gasteiger partial charge in [-0.1, -0.05) is 50.6 Å². The molecule has 3 nitrogen and oxygen atoms in total. The molecule has 1 rings (SSSR count). The summed E-state index contributed by atoms with van der Waals surface area (Å²) in [6.07, 6.45) is 0.752.